The Balaban J connectivity index is 2.18. The predicted octanol–water partition coefficient (Wildman–Crippen LogP) is 1.43. The van der Waals surface area contributed by atoms with Crippen LogP contribution in [0.25, 0.3) is 0 Å². The van der Waals surface area contributed by atoms with Gasteiger partial charge in [0.25, 0.3) is 0 Å². The van der Waals surface area contributed by atoms with Crippen molar-refractivity contribution < 1.29 is 18.3 Å². The molecule has 2 rings (SSSR count). The molecule has 1 saturated heterocycles. The Morgan fingerprint density at radius 1 is 1.29 bits per heavy atom. The minimum Gasteiger partial charge on any atom is -0.481 e. The highest BCUT2D eigenvalue weighted by Gasteiger charge is 2.40. The highest BCUT2D eigenvalue weighted by Crippen LogP contribution is 2.33. The zero-order chi connectivity index (χ0) is 15.7. The summed E-state index contributed by atoms with van der Waals surface area (Å²) in [7, 11) is -3.63. The third kappa shape index (κ3) is 2.91. The van der Waals surface area contributed by atoms with Gasteiger partial charge in [-0.2, -0.15) is 9.57 Å². The van der Waals surface area contributed by atoms with E-state index in [0.717, 1.165) is 0 Å². The van der Waals surface area contributed by atoms with E-state index in [-0.39, 0.29) is 30.8 Å². The summed E-state index contributed by atoms with van der Waals surface area (Å²) in [5, 5.41) is 17.9. The molecule has 1 aromatic carbocycles. The van der Waals surface area contributed by atoms with Crippen molar-refractivity contribution >= 4 is 16.0 Å². The molecule has 0 amide bonds. The van der Waals surface area contributed by atoms with E-state index in [2.05, 4.69) is 0 Å². The van der Waals surface area contributed by atoms with Crippen LogP contribution in [0, 0.1) is 16.7 Å². The lowest BCUT2D eigenvalue weighted by Crippen LogP contribution is -2.45. The van der Waals surface area contributed by atoms with Crippen LogP contribution in [0.15, 0.2) is 29.2 Å². The minimum absolute atomic E-state index is 0.125. The van der Waals surface area contributed by atoms with Crippen molar-refractivity contribution in [3.8, 4) is 6.07 Å². The maximum atomic E-state index is 12.5. The zero-order valence-corrected chi connectivity index (χ0v) is 12.4. The highest BCUT2D eigenvalue weighted by atomic mass is 32.2. The summed E-state index contributed by atoms with van der Waals surface area (Å²) >= 11 is 0. The van der Waals surface area contributed by atoms with Crippen molar-refractivity contribution in [2.24, 2.45) is 5.41 Å². The quantitative estimate of drug-likeness (QED) is 0.911. The topological polar surface area (TPSA) is 98.5 Å². The molecule has 0 atom stereocenters. The number of carboxylic acid groups (broad SMARTS) is 1. The van der Waals surface area contributed by atoms with Crippen LogP contribution in [0.5, 0.6) is 0 Å². The number of hydrogen-bond donors (Lipinski definition) is 1. The Morgan fingerprint density at radius 3 is 2.24 bits per heavy atom. The lowest BCUT2D eigenvalue weighted by molar-refractivity contribution is -0.150. The summed E-state index contributed by atoms with van der Waals surface area (Å²) in [4.78, 5) is 11.3. The number of aliphatic carboxylic acids is 1. The lowest BCUT2D eigenvalue weighted by atomic mass is 9.81. The molecule has 1 fully saturated rings. The molecule has 0 aromatic heterocycles. The van der Waals surface area contributed by atoms with Crippen LogP contribution in [0.2, 0.25) is 0 Å². The van der Waals surface area contributed by atoms with Gasteiger partial charge in [0.1, 0.15) is 0 Å². The van der Waals surface area contributed by atoms with Crippen molar-refractivity contribution in [1.29, 1.82) is 5.26 Å². The van der Waals surface area contributed by atoms with Crippen molar-refractivity contribution in [2.45, 2.75) is 24.7 Å². The van der Waals surface area contributed by atoms with Gasteiger partial charge in [-0.25, -0.2) is 8.42 Å². The molecule has 0 radical (unpaired) electrons. The zero-order valence-electron chi connectivity index (χ0n) is 11.6. The number of carbonyl (C=O) groups is 1. The molecule has 0 bridgehead atoms. The number of nitriles is 1. The maximum absolute atomic E-state index is 12.5. The number of benzene rings is 1. The summed E-state index contributed by atoms with van der Waals surface area (Å²) < 4.78 is 26.2. The lowest BCUT2D eigenvalue weighted by Gasteiger charge is -2.35. The number of piperidine rings is 1. The van der Waals surface area contributed by atoms with Gasteiger partial charge < -0.3 is 5.11 Å². The fraction of sp³-hybridized carbons (Fsp3) is 0.429. The largest absolute Gasteiger partial charge is 0.481 e. The van der Waals surface area contributed by atoms with Crippen LogP contribution < -0.4 is 0 Å². The maximum Gasteiger partial charge on any atom is 0.309 e. The average Bonchev–Trinajstić information content (AvgIpc) is 2.47. The Morgan fingerprint density at radius 2 is 1.81 bits per heavy atom. The molecule has 0 aliphatic carbocycles. The molecule has 1 aliphatic rings. The smallest absolute Gasteiger partial charge is 0.309 e. The van der Waals surface area contributed by atoms with Crippen molar-refractivity contribution in [1.82, 2.24) is 4.31 Å². The van der Waals surface area contributed by atoms with E-state index in [0.29, 0.717) is 5.56 Å². The monoisotopic (exact) mass is 308 g/mol. The second kappa shape index (κ2) is 5.47. The molecule has 1 N–H and O–H groups in total. The fourth-order valence-electron chi connectivity index (χ4n) is 2.28. The first-order chi connectivity index (χ1) is 9.79. The number of nitrogens with zero attached hydrogens (tertiary/aromatic N) is 2. The number of rotatable bonds is 3. The van der Waals surface area contributed by atoms with E-state index in [1.165, 1.54) is 28.6 Å². The summed E-state index contributed by atoms with van der Waals surface area (Å²) in [5.74, 6) is -0.891. The Hall–Kier alpha value is -1.91. The molecular weight excluding hydrogens is 292 g/mol. The van der Waals surface area contributed by atoms with E-state index < -0.39 is 21.4 Å². The van der Waals surface area contributed by atoms with Gasteiger partial charge in [0.05, 0.1) is 21.9 Å². The van der Waals surface area contributed by atoms with Gasteiger partial charge in [-0.05, 0) is 44.0 Å². The Bertz CT molecular complexity index is 681. The van der Waals surface area contributed by atoms with Gasteiger partial charge in [-0.15, -0.1) is 0 Å². The van der Waals surface area contributed by atoms with Gasteiger partial charge in [0.15, 0.2) is 0 Å². The average molecular weight is 308 g/mol. The summed E-state index contributed by atoms with van der Waals surface area (Å²) in [6, 6.07) is 7.65. The molecular formula is C14H16N2O4S. The van der Waals surface area contributed by atoms with Crippen molar-refractivity contribution in [2.75, 3.05) is 13.1 Å². The van der Waals surface area contributed by atoms with E-state index in [1.807, 2.05) is 6.07 Å². The van der Waals surface area contributed by atoms with Crippen LogP contribution in [-0.2, 0) is 14.8 Å². The van der Waals surface area contributed by atoms with E-state index in [4.69, 9.17) is 10.4 Å². The van der Waals surface area contributed by atoms with Gasteiger partial charge >= 0.3 is 5.97 Å². The SMILES string of the molecule is CC1(C(=O)O)CCN(S(=O)(=O)c2ccc(C#N)cc2)CC1. The van der Waals surface area contributed by atoms with E-state index >= 15 is 0 Å². The van der Waals surface area contributed by atoms with Crippen LogP contribution in [-0.4, -0.2) is 36.9 Å². The first kappa shape index (κ1) is 15.5. The normalized spacial score (nSPS) is 18.9. The molecule has 7 heteroatoms. The molecule has 6 nitrogen and oxygen atoms in total. The van der Waals surface area contributed by atoms with Crippen LogP contribution >= 0.6 is 0 Å². The summed E-state index contributed by atoms with van der Waals surface area (Å²) in [6.07, 6.45) is 0.579. The molecule has 0 spiro atoms. The standard InChI is InChI=1S/C14H16N2O4S/c1-14(13(17)18)6-8-16(9-7-14)21(19,20)12-4-2-11(10-15)3-5-12/h2-5H,6-9H2,1H3,(H,17,18). The number of sulfonamides is 1. The van der Waals surface area contributed by atoms with Crippen molar-refractivity contribution in [3.63, 3.8) is 0 Å². The molecule has 1 aliphatic heterocycles. The number of carboxylic acids is 1. The van der Waals surface area contributed by atoms with Gasteiger partial charge in [0, 0.05) is 13.1 Å². The second-order valence-corrected chi connectivity index (χ2v) is 7.34. The van der Waals surface area contributed by atoms with E-state index in [9.17, 15) is 13.2 Å². The highest BCUT2D eigenvalue weighted by molar-refractivity contribution is 7.89. The Kier molecular flexibility index (Phi) is 4.03. The molecule has 0 unspecified atom stereocenters. The first-order valence-corrected chi connectivity index (χ1v) is 7.97. The second-order valence-electron chi connectivity index (χ2n) is 5.41. The van der Waals surface area contributed by atoms with Gasteiger partial charge in [-0.3, -0.25) is 4.79 Å². The van der Waals surface area contributed by atoms with Crippen LogP contribution in [0.4, 0.5) is 0 Å². The van der Waals surface area contributed by atoms with Crippen molar-refractivity contribution in [3.05, 3.63) is 29.8 Å². The molecule has 21 heavy (non-hydrogen) atoms. The Labute approximate surface area is 123 Å². The molecule has 1 aromatic rings. The molecule has 112 valence electrons. The molecule has 1 heterocycles. The van der Waals surface area contributed by atoms with E-state index in [1.54, 1.807) is 6.92 Å². The summed E-state index contributed by atoms with van der Waals surface area (Å²) in [5.41, 5.74) is -0.470. The predicted molar refractivity (Wildman–Crippen MR) is 74.9 cm³/mol. The fourth-order valence-corrected chi connectivity index (χ4v) is 3.73. The first-order valence-electron chi connectivity index (χ1n) is 6.53. The summed E-state index contributed by atoms with van der Waals surface area (Å²) in [6.45, 7) is 2.01. The minimum atomic E-state index is -3.63. The van der Waals surface area contributed by atoms with Crippen LogP contribution in [0.3, 0.4) is 0 Å². The molecule has 0 saturated carbocycles. The number of hydrogen-bond acceptors (Lipinski definition) is 4. The third-order valence-electron chi connectivity index (χ3n) is 3.96. The van der Waals surface area contributed by atoms with Crippen LogP contribution in [0.1, 0.15) is 25.3 Å². The van der Waals surface area contributed by atoms with Gasteiger partial charge in [-0.1, -0.05) is 0 Å². The third-order valence-corrected chi connectivity index (χ3v) is 5.88. The van der Waals surface area contributed by atoms with Gasteiger partial charge in [0.2, 0.25) is 10.0 Å².